The summed E-state index contributed by atoms with van der Waals surface area (Å²) < 4.78 is 0.659. The molecule has 0 spiro atoms. The first-order chi connectivity index (χ1) is 8.93. The summed E-state index contributed by atoms with van der Waals surface area (Å²) >= 11 is 7.23. The lowest BCUT2D eigenvalue weighted by molar-refractivity contribution is -0.137. The molecule has 0 aliphatic rings. The van der Waals surface area contributed by atoms with E-state index in [1.807, 2.05) is 19.9 Å². The Morgan fingerprint density at radius 2 is 2.21 bits per heavy atom. The fourth-order valence-electron chi connectivity index (χ4n) is 1.59. The number of nitrogens with one attached hydrogen (secondary N) is 1. The minimum Gasteiger partial charge on any atom is -0.480 e. The van der Waals surface area contributed by atoms with Crippen molar-refractivity contribution in [1.82, 2.24) is 10.2 Å². The van der Waals surface area contributed by atoms with Gasteiger partial charge in [-0.1, -0.05) is 18.5 Å². The Hall–Kier alpha value is -1.27. The van der Waals surface area contributed by atoms with Crippen LogP contribution in [0.1, 0.15) is 31.2 Å². The van der Waals surface area contributed by atoms with E-state index in [1.54, 1.807) is 6.07 Å². The number of carbonyl (C=O) groups excluding carboxylic acids is 1. The molecule has 0 aromatic carbocycles. The molecule has 1 aromatic heterocycles. The Labute approximate surface area is 121 Å². The Balaban J connectivity index is 2.62. The summed E-state index contributed by atoms with van der Waals surface area (Å²) in [6.07, 6.45) is 0.708. The molecular formula is C12H17ClN2O3S. The molecule has 19 heavy (non-hydrogen) atoms. The fraction of sp³-hybridized carbons (Fsp3) is 0.500. The lowest BCUT2D eigenvalue weighted by atomic mass is 10.3. The van der Waals surface area contributed by atoms with Crippen molar-refractivity contribution in [3.63, 3.8) is 0 Å². The van der Waals surface area contributed by atoms with Crippen molar-refractivity contribution in [2.45, 2.75) is 26.3 Å². The molecule has 1 heterocycles. The zero-order chi connectivity index (χ0) is 14.4. The normalized spacial score (nSPS) is 11.9. The second-order valence-electron chi connectivity index (χ2n) is 4.13. The van der Waals surface area contributed by atoms with E-state index in [-0.39, 0.29) is 18.6 Å². The molecule has 1 aromatic rings. The van der Waals surface area contributed by atoms with E-state index < -0.39 is 5.97 Å². The smallest absolute Gasteiger partial charge is 0.323 e. The largest absolute Gasteiger partial charge is 0.480 e. The van der Waals surface area contributed by atoms with Crippen molar-refractivity contribution in [3.8, 4) is 0 Å². The molecule has 1 unspecified atom stereocenters. The van der Waals surface area contributed by atoms with Crippen LogP contribution in [0.25, 0.3) is 0 Å². The minimum atomic E-state index is -1.02. The molecule has 0 bridgehead atoms. The summed E-state index contributed by atoms with van der Waals surface area (Å²) in [7, 11) is 0. The third-order valence-corrected chi connectivity index (χ3v) is 3.88. The Morgan fingerprint density at radius 3 is 2.68 bits per heavy atom. The van der Waals surface area contributed by atoms with Crippen LogP contribution in [-0.4, -0.2) is 35.1 Å². The van der Waals surface area contributed by atoms with Crippen LogP contribution >= 0.6 is 22.9 Å². The van der Waals surface area contributed by atoms with Crippen LogP contribution in [0, 0.1) is 0 Å². The summed E-state index contributed by atoms with van der Waals surface area (Å²) in [5, 5.41) is 11.6. The number of halogens is 1. The number of carbonyl (C=O) groups is 2. The number of hydrogen-bond acceptors (Lipinski definition) is 3. The summed E-state index contributed by atoms with van der Waals surface area (Å²) in [5.74, 6) is -1.02. The second kappa shape index (κ2) is 7.35. The predicted molar refractivity (Wildman–Crippen MR) is 75.8 cm³/mol. The zero-order valence-electron chi connectivity index (χ0n) is 10.9. The lowest BCUT2D eigenvalue weighted by Crippen LogP contribution is -2.43. The minimum absolute atomic E-state index is 0.196. The van der Waals surface area contributed by atoms with Gasteiger partial charge in [-0.05, 0) is 25.5 Å². The van der Waals surface area contributed by atoms with Crippen LogP contribution in [0.5, 0.6) is 0 Å². The van der Waals surface area contributed by atoms with E-state index in [9.17, 15) is 9.59 Å². The molecule has 5 nitrogen and oxygen atoms in total. The lowest BCUT2D eigenvalue weighted by Gasteiger charge is -2.22. The maximum Gasteiger partial charge on any atom is 0.323 e. The highest BCUT2D eigenvalue weighted by Crippen LogP contribution is 2.26. The van der Waals surface area contributed by atoms with Crippen LogP contribution in [0.4, 0.5) is 4.79 Å². The number of carboxylic acids is 1. The van der Waals surface area contributed by atoms with E-state index in [4.69, 9.17) is 16.7 Å². The van der Waals surface area contributed by atoms with E-state index >= 15 is 0 Å². The van der Waals surface area contributed by atoms with Crippen molar-refractivity contribution >= 4 is 34.9 Å². The van der Waals surface area contributed by atoms with Crippen LogP contribution in [0.15, 0.2) is 12.1 Å². The highest BCUT2D eigenvalue weighted by molar-refractivity contribution is 7.16. The maximum atomic E-state index is 12.0. The maximum absolute atomic E-state index is 12.0. The molecule has 2 amide bonds. The molecule has 7 heteroatoms. The van der Waals surface area contributed by atoms with Crippen molar-refractivity contribution < 1.29 is 14.7 Å². The van der Waals surface area contributed by atoms with Gasteiger partial charge >= 0.3 is 12.0 Å². The SMILES string of the molecule is CCCN(CC(=O)O)C(=O)NC(C)c1ccc(Cl)s1. The van der Waals surface area contributed by atoms with Gasteiger partial charge in [-0.3, -0.25) is 4.79 Å². The van der Waals surface area contributed by atoms with Crippen LogP contribution in [0.3, 0.4) is 0 Å². The number of carboxylic acid groups (broad SMARTS) is 1. The van der Waals surface area contributed by atoms with Gasteiger partial charge in [0.05, 0.1) is 10.4 Å². The molecule has 0 saturated heterocycles. The third kappa shape index (κ3) is 5.08. The summed E-state index contributed by atoms with van der Waals surface area (Å²) in [4.78, 5) is 24.9. The van der Waals surface area contributed by atoms with Crippen molar-refractivity contribution in [1.29, 1.82) is 0 Å². The summed E-state index contributed by atoms with van der Waals surface area (Å²) in [6.45, 7) is 3.85. The number of rotatable bonds is 6. The molecule has 0 fully saturated rings. The zero-order valence-corrected chi connectivity index (χ0v) is 12.4. The van der Waals surface area contributed by atoms with E-state index in [2.05, 4.69) is 5.32 Å². The molecule has 2 N–H and O–H groups in total. The van der Waals surface area contributed by atoms with Gasteiger partial charge in [-0.25, -0.2) is 4.79 Å². The van der Waals surface area contributed by atoms with Crippen LogP contribution in [-0.2, 0) is 4.79 Å². The average molecular weight is 305 g/mol. The quantitative estimate of drug-likeness (QED) is 0.849. The first kappa shape index (κ1) is 15.8. The van der Waals surface area contributed by atoms with Gasteiger partial charge in [0, 0.05) is 11.4 Å². The Bertz CT molecular complexity index is 450. The van der Waals surface area contributed by atoms with Gasteiger partial charge in [0.25, 0.3) is 0 Å². The molecular weight excluding hydrogens is 288 g/mol. The van der Waals surface area contributed by atoms with Gasteiger partial charge in [-0.2, -0.15) is 0 Å². The average Bonchev–Trinajstić information content (AvgIpc) is 2.74. The van der Waals surface area contributed by atoms with Gasteiger partial charge in [0.1, 0.15) is 6.54 Å². The summed E-state index contributed by atoms with van der Waals surface area (Å²) in [6, 6.07) is 3.05. The molecule has 1 rings (SSSR count). The predicted octanol–water partition coefficient (Wildman–Crippen LogP) is 2.97. The first-order valence-corrected chi connectivity index (χ1v) is 7.16. The monoisotopic (exact) mass is 304 g/mol. The molecule has 0 radical (unpaired) electrons. The van der Waals surface area contributed by atoms with Crippen molar-refractivity contribution in [2.75, 3.05) is 13.1 Å². The molecule has 0 saturated carbocycles. The van der Waals surface area contributed by atoms with Gasteiger partial charge in [-0.15, -0.1) is 11.3 Å². The number of hydrogen-bond donors (Lipinski definition) is 2. The third-order valence-electron chi connectivity index (χ3n) is 2.47. The standard InChI is InChI=1S/C12H17ClN2O3S/c1-3-6-15(7-11(16)17)12(18)14-8(2)9-4-5-10(13)19-9/h4-5,8H,3,6-7H2,1-2H3,(H,14,18)(H,16,17). The molecule has 0 aliphatic carbocycles. The van der Waals surface area contributed by atoms with Gasteiger partial charge < -0.3 is 15.3 Å². The van der Waals surface area contributed by atoms with Crippen molar-refractivity contribution in [2.24, 2.45) is 0 Å². The van der Waals surface area contributed by atoms with Crippen molar-refractivity contribution in [3.05, 3.63) is 21.3 Å². The molecule has 0 aliphatic heterocycles. The highest BCUT2D eigenvalue weighted by atomic mass is 35.5. The highest BCUT2D eigenvalue weighted by Gasteiger charge is 2.18. The number of urea groups is 1. The van der Waals surface area contributed by atoms with Crippen LogP contribution in [0.2, 0.25) is 4.34 Å². The second-order valence-corrected chi connectivity index (χ2v) is 5.88. The Morgan fingerprint density at radius 1 is 1.53 bits per heavy atom. The molecule has 106 valence electrons. The van der Waals surface area contributed by atoms with E-state index in [1.165, 1.54) is 16.2 Å². The van der Waals surface area contributed by atoms with E-state index in [0.29, 0.717) is 17.3 Å². The van der Waals surface area contributed by atoms with Gasteiger partial charge in [0.15, 0.2) is 0 Å². The van der Waals surface area contributed by atoms with Crippen LogP contribution < -0.4 is 5.32 Å². The Kier molecular flexibility index (Phi) is 6.11. The van der Waals surface area contributed by atoms with Gasteiger partial charge in [0.2, 0.25) is 0 Å². The fourth-order valence-corrected chi connectivity index (χ4v) is 2.66. The summed E-state index contributed by atoms with van der Waals surface area (Å²) in [5.41, 5.74) is 0. The first-order valence-electron chi connectivity index (χ1n) is 5.96. The number of nitrogens with zero attached hydrogens (tertiary/aromatic N) is 1. The number of amides is 2. The molecule has 1 atom stereocenters. The topological polar surface area (TPSA) is 69.6 Å². The number of thiophene rings is 1. The number of aliphatic carboxylic acids is 1. The van der Waals surface area contributed by atoms with E-state index in [0.717, 1.165) is 4.88 Å².